The predicted octanol–water partition coefficient (Wildman–Crippen LogP) is 3.96. The predicted molar refractivity (Wildman–Crippen MR) is 121 cm³/mol. The van der Waals surface area contributed by atoms with Crippen molar-refractivity contribution in [2.45, 2.75) is 57.5 Å². The number of nitrogens with zero attached hydrogens (tertiary/aromatic N) is 1. The normalized spacial score (nSPS) is 24.8. The summed E-state index contributed by atoms with van der Waals surface area (Å²) in [5, 5.41) is 2.57. The molecule has 2 aromatic rings. The van der Waals surface area contributed by atoms with Crippen LogP contribution in [0.3, 0.4) is 0 Å². The Balaban J connectivity index is 1.79. The molecule has 2 aliphatic rings. The molecular formula is C25H33NO2Si. The average Bonchev–Trinajstić information content (AvgIpc) is 3.21. The number of amides is 1. The van der Waals surface area contributed by atoms with Gasteiger partial charge in [0.15, 0.2) is 0 Å². The summed E-state index contributed by atoms with van der Waals surface area (Å²) in [6.07, 6.45) is 3.06. The molecule has 2 aliphatic heterocycles. The first-order valence-corrected chi connectivity index (χ1v) is 12.8. The van der Waals surface area contributed by atoms with E-state index in [1.165, 1.54) is 10.4 Å². The number of carbonyl (C=O) groups is 1. The Morgan fingerprint density at radius 3 is 2.10 bits per heavy atom. The van der Waals surface area contributed by atoms with Crippen molar-refractivity contribution in [1.82, 2.24) is 4.90 Å². The number of hydrogen-bond donors (Lipinski definition) is 0. The highest BCUT2D eigenvalue weighted by atomic mass is 28.4. The highest BCUT2D eigenvalue weighted by Gasteiger charge is 2.56. The summed E-state index contributed by atoms with van der Waals surface area (Å²) in [6.45, 7) is 10.5. The molecule has 4 rings (SSSR count). The largest absolute Gasteiger partial charge is 0.405 e. The van der Waals surface area contributed by atoms with Crippen LogP contribution in [0.15, 0.2) is 60.7 Å². The fourth-order valence-electron chi connectivity index (χ4n) is 5.63. The first-order valence-electron chi connectivity index (χ1n) is 10.9. The van der Waals surface area contributed by atoms with Gasteiger partial charge < -0.3 is 9.33 Å². The van der Waals surface area contributed by atoms with Crippen LogP contribution in [0.2, 0.25) is 5.04 Å². The molecule has 2 fully saturated rings. The second-order valence-corrected chi connectivity index (χ2v) is 14.2. The van der Waals surface area contributed by atoms with Crippen LogP contribution in [-0.4, -0.2) is 37.8 Å². The molecular weight excluding hydrogens is 374 g/mol. The van der Waals surface area contributed by atoms with E-state index < -0.39 is 8.32 Å². The van der Waals surface area contributed by atoms with Gasteiger partial charge in [-0.25, -0.2) is 0 Å². The van der Waals surface area contributed by atoms with Crippen LogP contribution in [0.4, 0.5) is 0 Å². The summed E-state index contributed by atoms with van der Waals surface area (Å²) >= 11 is 0. The molecule has 0 N–H and O–H groups in total. The Kier molecular flexibility index (Phi) is 5.20. The molecule has 0 radical (unpaired) electrons. The maximum absolute atomic E-state index is 12.7. The molecule has 3 nitrogen and oxygen atoms in total. The minimum absolute atomic E-state index is 0.0377. The van der Waals surface area contributed by atoms with Crippen molar-refractivity contribution in [2.24, 2.45) is 5.92 Å². The Bertz CT molecular complexity index is 822. The smallest absolute Gasteiger partial charge is 0.261 e. The SMILES string of the molecule is C[C@H]1CC2(CO[Si](c3ccccc3)(c3ccccc3)C(C)(C)C)CCCN2C1=O. The van der Waals surface area contributed by atoms with Crippen LogP contribution in [0.1, 0.15) is 47.0 Å². The number of fused-ring (bicyclic) bond motifs is 1. The molecule has 0 aliphatic carbocycles. The van der Waals surface area contributed by atoms with E-state index in [9.17, 15) is 4.79 Å². The van der Waals surface area contributed by atoms with Crippen molar-refractivity contribution in [3.63, 3.8) is 0 Å². The minimum atomic E-state index is -2.56. The molecule has 0 aromatic heterocycles. The van der Waals surface area contributed by atoms with Gasteiger partial charge in [0.1, 0.15) is 0 Å². The lowest BCUT2D eigenvalue weighted by Gasteiger charge is -2.45. The van der Waals surface area contributed by atoms with Crippen molar-refractivity contribution in [1.29, 1.82) is 0 Å². The monoisotopic (exact) mass is 407 g/mol. The molecule has 1 amide bonds. The van der Waals surface area contributed by atoms with E-state index in [1.807, 2.05) is 0 Å². The zero-order valence-corrected chi connectivity index (χ0v) is 19.2. The molecule has 0 bridgehead atoms. The van der Waals surface area contributed by atoms with Gasteiger partial charge in [-0.05, 0) is 34.7 Å². The third kappa shape index (κ3) is 3.26. The maximum Gasteiger partial charge on any atom is 0.261 e. The molecule has 4 heteroatoms. The topological polar surface area (TPSA) is 29.5 Å². The fourth-order valence-corrected chi connectivity index (χ4v) is 10.3. The highest BCUT2D eigenvalue weighted by Crippen LogP contribution is 2.44. The minimum Gasteiger partial charge on any atom is -0.405 e. The third-order valence-corrected chi connectivity index (χ3v) is 11.9. The lowest BCUT2D eigenvalue weighted by Crippen LogP contribution is -2.68. The van der Waals surface area contributed by atoms with Gasteiger partial charge in [0.05, 0.1) is 12.1 Å². The summed E-state index contributed by atoms with van der Waals surface area (Å²) in [5.74, 6) is 0.423. The Morgan fingerprint density at radius 1 is 1.03 bits per heavy atom. The summed E-state index contributed by atoms with van der Waals surface area (Å²) in [5.41, 5.74) is -0.121. The molecule has 2 aromatic carbocycles. The van der Waals surface area contributed by atoms with Gasteiger partial charge in [0, 0.05) is 12.5 Å². The van der Waals surface area contributed by atoms with Gasteiger partial charge in [0.2, 0.25) is 5.91 Å². The van der Waals surface area contributed by atoms with E-state index in [2.05, 4.69) is 93.3 Å². The number of hydrogen-bond acceptors (Lipinski definition) is 2. The van der Waals surface area contributed by atoms with Crippen LogP contribution >= 0.6 is 0 Å². The van der Waals surface area contributed by atoms with E-state index in [1.54, 1.807) is 0 Å². The lowest BCUT2D eigenvalue weighted by molar-refractivity contribution is -0.132. The summed E-state index contributed by atoms with van der Waals surface area (Å²) in [7, 11) is -2.56. The zero-order valence-electron chi connectivity index (χ0n) is 18.2. The van der Waals surface area contributed by atoms with Crippen LogP contribution in [0.5, 0.6) is 0 Å². The molecule has 2 saturated heterocycles. The van der Waals surface area contributed by atoms with Crippen molar-refractivity contribution in [3.8, 4) is 0 Å². The molecule has 0 spiro atoms. The van der Waals surface area contributed by atoms with Crippen LogP contribution in [0, 0.1) is 5.92 Å². The molecule has 1 unspecified atom stereocenters. The summed E-state index contributed by atoms with van der Waals surface area (Å²) in [4.78, 5) is 14.9. The number of rotatable bonds is 5. The van der Waals surface area contributed by atoms with Crippen LogP contribution in [0.25, 0.3) is 0 Å². The van der Waals surface area contributed by atoms with Gasteiger partial charge in [-0.3, -0.25) is 4.79 Å². The second kappa shape index (κ2) is 7.40. The van der Waals surface area contributed by atoms with E-state index in [-0.39, 0.29) is 16.5 Å². The summed E-state index contributed by atoms with van der Waals surface area (Å²) in [6, 6.07) is 21.6. The molecule has 2 atom stereocenters. The molecule has 29 heavy (non-hydrogen) atoms. The van der Waals surface area contributed by atoms with Crippen LogP contribution in [-0.2, 0) is 9.22 Å². The number of carbonyl (C=O) groups excluding carboxylic acids is 1. The fraction of sp³-hybridized carbons (Fsp3) is 0.480. The Morgan fingerprint density at radius 2 is 1.59 bits per heavy atom. The van der Waals surface area contributed by atoms with E-state index in [0.29, 0.717) is 12.5 Å². The molecule has 0 saturated carbocycles. The van der Waals surface area contributed by atoms with Crippen molar-refractivity contribution >= 4 is 24.6 Å². The van der Waals surface area contributed by atoms with Crippen molar-refractivity contribution in [2.75, 3.05) is 13.2 Å². The van der Waals surface area contributed by atoms with E-state index in [0.717, 1.165) is 25.8 Å². The van der Waals surface area contributed by atoms with E-state index >= 15 is 0 Å². The Labute approximate surface area is 176 Å². The van der Waals surface area contributed by atoms with Gasteiger partial charge in [-0.15, -0.1) is 0 Å². The maximum atomic E-state index is 12.7. The zero-order chi connectivity index (χ0) is 20.7. The quantitative estimate of drug-likeness (QED) is 0.702. The Hall–Kier alpha value is -1.91. The van der Waals surface area contributed by atoms with Gasteiger partial charge in [0.25, 0.3) is 8.32 Å². The first kappa shape index (κ1) is 20.4. The molecule has 2 heterocycles. The lowest BCUT2D eigenvalue weighted by atomic mass is 9.92. The highest BCUT2D eigenvalue weighted by molar-refractivity contribution is 6.99. The van der Waals surface area contributed by atoms with Gasteiger partial charge in [-0.2, -0.15) is 0 Å². The summed E-state index contributed by atoms with van der Waals surface area (Å²) < 4.78 is 7.20. The van der Waals surface area contributed by atoms with Gasteiger partial charge >= 0.3 is 0 Å². The van der Waals surface area contributed by atoms with Crippen molar-refractivity contribution < 1.29 is 9.22 Å². The second-order valence-electron chi connectivity index (χ2n) is 9.87. The van der Waals surface area contributed by atoms with Crippen LogP contribution < -0.4 is 10.4 Å². The van der Waals surface area contributed by atoms with Gasteiger partial charge in [-0.1, -0.05) is 88.4 Å². The first-order chi connectivity index (χ1) is 13.8. The molecule has 154 valence electrons. The van der Waals surface area contributed by atoms with Crippen molar-refractivity contribution in [3.05, 3.63) is 60.7 Å². The standard InChI is InChI=1S/C25H33NO2Si/c1-20-18-25(16-11-17-26(25)23(20)27)19-28-29(24(2,3)4,21-12-7-5-8-13-21)22-14-9-6-10-15-22/h5-10,12-15,20H,11,16-19H2,1-4H3/t20-,25?/m0/s1. The van der Waals surface area contributed by atoms with E-state index in [4.69, 9.17) is 4.43 Å². The number of benzene rings is 2. The average molecular weight is 408 g/mol. The third-order valence-electron chi connectivity index (χ3n) is 6.94.